The fraction of sp³-hybridized carbons (Fsp3) is 0.318. The van der Waals surface area contributed by atoms with E-state index in [0.29, 0.717) is 0 Å². The van der Waals surface area contributed by atoms with Crippen molar-refractivity contribution in [1.29, 1.82) is 0 Å². The van der Waals surface area contributed by atoms with Gasteiger partial charge in [0.05, 0.1) is 18.1 Å². The van der Waals surface area contributed by atoms with Crippen molar-refractivity contribution in [1.82, 2.24) is 14.8 Å². The first-order valence-electron chi connectivity index (χ1n) is 9.60. The topological polar surface area (TPSA) is 68.0 Å². The fourth-order valence-electron chi connectivity index (χ4n) is 4.44. The summed E-state index contributed by atoms with van der Waals surface area (Å²) in [5.41, 5.74) is 6.20. The van der Waals surface area contributed by atoms with Crippen molar-refractivity contribution in [2.45, 2.75) is 39.0 Å². The molecule has 5 nitrogen and oxygen atoms in total. The number of carbonyl (C=O) groups is 1. The van der Waals surface area contributed by atoms with Gasteiger partial charge >= 0.3 is 5.97 Å². The molecule has 6 heteroatoms. The molecule has 3 aromatic heterocycles. The Kier molecular flexibility index (Phi) is 3.98. The molecular formula is C22H21N3O2S. The summed E-state index contributed by atoms with van der Waals surface area (Å²) in [6.07, 6.45) is 6.41. The van der Waals surface area contributed by atoms with Crippen LogP contribution in [-0.2, 0) is 31.1 Å². The Hall–Kier alpha value is -2.73. The molecule has 0 fully saturated rings. The van der Waals surface area contributed by atoms with Crippen LogP contribution in [0.5, 0.6) is 0 Å². The molecular weight excluding hydrogens is 370 g/mol. The van der Waals surface area contributed by atoms with Gasteiger partial charge in [-0.05, 0) is 67.0 Å². The van der Waals surface area contributed by atoms with Crippen molar-refractivity contribution < 1.29 is 9.90 Å². The maximum Gasteiger partial charge on any atom is 0.307 e. The average Bonchev–Trinajstić information content (AvgIpc) is 3.22. The summed E-state index contributed by atoms with van der Waals surface area (Å²) >= 11 is 1.78. The summed E-state index contributed by atoms with van der Waals surface area (Å²) in [5.74, 6) is -0.822. The summed E-state index contributed by atoms with van der Waals surface area (Å²) < 4.78 is 1.86. The molecule has 4 aromatic rings. The first-order chi connectivity index (χ1) is 13.5. The van der Waals surface area contributed by atoms with Gasteiger partial charge in [0.2, 0.25) is 0 Å². The van der Waals surface area contributed by atoms with Gasteiger partial charge < -0.3 is 5.11 Å². The third-order valence-electron chi connectivity index (χ3n) is 5.77. The summed E-state index contributed by atoms with van der Waals surface area (Å²) in [4.78, 5) is 18.9. The first kappa shape index (κ1) is 17.4. The number of nitrogens with zero attached hydrogens (tertiary/aromatic N) is 3. The zero-order valence-corrected chi connectivity index (χ0v) is 16.8. The average molecular weight is 391 g/mol. The van der Waals surface area contributed by atoms with Crippen molar-refractivity contribution in [2.75, 3.05) is 0 Å². The molecule has 5 rings (SSSR count). The number of carboxylic acids is 1. The Balaban J connectivity index is 1.87. The molecule has 28 heavy (non-hydrogen) atoms. The molecule has 0 saturated heterocycles. The zero-order valence-electron chi connectivity index (χ0n) is 16.0. The van der Waals surface area contributed by atoms with E-state index in [2.05, 4.69) is 23.3 Å². The monoisotopic (exact) mass is 391 g/mol. The van der Waals surface area contributed by atoms with Gasteiger partial charge in [-0.25, -0.2) is 4.98 Å². The lowest BCUT2D eigenvalue weighted by molar-refractivity contribution is -0.136. The van der Waals surface area contributed by atoms with E-state index in [1.807, 2.05) is 24.9 Å². The molecule has 0 unspecified atom stereocenters. The fourth-order valence-corrected chi connectivity index (χ4v) is 5.76. The number of aryl methyl sites for hydroxylation is 4. The predicted octanol–water partition coefficient (Wildman–Crippen LogP) is 4.66. The van der Waals surface area contributed by atoms with E-state index >= 15 is 0 Å². The molecule has 0 radical (unpaired) electrons. The Bertz CT molecular complexity index is 1250. The summed E-state index contributed by atoms with van der Waals surface area (Å²) in [6.45, 7) is 1.93. The van der Waals surface area contributed by atoms with E-state index in [1.165, 1.54) is 28.7 Å². The van der Waals surface area contributed by atoms with Crippen LogP contribution < -0.4 is 0 Å². The number of thiophene rings is 1. The lowest BCUT2D eigenvalue weighted by atomic mass is 9.88. The number of fused-ring (bicyclic) bond motifs is 4. The second-order valence-corrected chi connectivity index (χ2v) is 8.64. The second-order valence-electron chi connectivity index (χ2n) is 7.55. The zero-order chi connectivity index (χ0) is 19.4. The van der Waals surface area contributed by atoms with Crippen molar-refractivity contribution in [2.24, 2.45) is 7.05 Å². The predicted molar refractivity (Wildman–Crippen MR) is 112 cm³/mol. The minimum absolute atomic E-state index is 0.0141. The highest BCUT2D eigenvalue weighted by atomic mass is 32.1. The number of benzene rings is 1. The number of rotatable bonds is 3. The SMILES string of the molecule is Cc1nc2sc3c(c2c(-c2ccc4c(cnn4C)c2)c1CC(=O)O)CCCC3. The van der Waals surface area contributed by atoms with Crippen LogP contribution in [0.15, 0.2) is 24.4 Å². The first-order valence-corrected chi connectivity index (χ1v) is 10.4. The van der Waals surface area contributed by atoms with Gasteiger partial charge in [-0.15, -0.1) is 11.3 Å². The molecule has 0 atom stereocenters. The van der Waals surface area contributed by atoms with Crippen LogP contribution in [0.4, 0.5) is 0 Å². The molecule has 1 aliphatic rings. The number of pyridine rings is 1. The van der Waals surface area contributed by atoms with Crippen LogP contribution in [0.25, 0.3) is 32.2 Å². The Morgan fingerprint density at radius 3 is 2.93 bits per heavy atom. The lowest BCUT2D eigenvalue weighted by Crippen LogP contribution is -2.07. The molecule has 3 heterocycles. The Labute approximate surface area is 166 Å². The van der Waals surface area contributed by atoms with Gasteiger partial charge in [-0.2, -0.15) is 5.10 Å². The van der Waals surface area contributed by atoms with Gasteiger partial charge in [0.1, 0.15) is 4.83 Å². The minimum atomic E-state index is -0.822. The van der Waals surface area contributed by atoms with Crippen LogP contribution in [0.1, 0.15) is 34.5 Å². The van der Waals surface area contributed by atoms with Crippen LogP contribution >= 0.6 is 11.3 Å². The summed E-state index contributed by atoms with van der Waals surface area (Å²) in [6, 6.07) is 6.30. The molecule has 1 aromatic carbocycles. The molecule has 0 aliphatic heterocycles. The van der Waals surface area contributed by atoms with Gasteiger partial charge in [-0.3, -0.25) is 9.48 Å². The number of aromatic nitrogens is 3. The van der Waals surface area contributed by atoms with Gasteiger partial charge in [0, 0.05) is 28.4 Å². The van der Waals surface area contributed by atoms with E-state index in [4.69, 9.17) is 4.98 Å². The van der Waals surface area contributed by atoms with Gasteiger partial charge in [-0.1, -0.05) is 6.07 Å². The maximum atomic E-state index is 11.6. The number of hydrogen-bond donors (Lipinski definition) is 1. The van der Waals surface area contributed by atoms with Crippen LogP contribution in [-0.4, -0.2) is 25.8 Å². The molecule has 0 saturated carbocycles. The van der Waals surface area contributed by atoms with Crippen molar-refractivity contribution in [3.05, 3.63) is 46.1 Å². The highest BCUT2D eigenvalue weighted by molar-refractivity contribution is 7.19. The van der Waals surface area contributed by atoms with Crippen LogP contribution in [0, 0.1) is 6.92 Å². The van der Waals surface area contributed by atoms with Crippen molar-refractivity contribution in [3.63, 3.8) is 0 Å². The van der Waals surface area contributed by atoms with Gasteiger partial charge in [0.15, 0.2) is 0 Å². The smallest absolute Gasteiger partial charge is 0.307 e. The van der Waals surface area contributed by atoms with Gasteiger partial charge in [0.25, 0.3) is 0 Å². The van der Waals surface area contributed by atoms with Crippen LogP contribution in [0.2, 0.25) is 0 Å². The summed E-state index contributed by atoms with van der Waals surface area (Å²) in [7, 11) is 1.93. The van der Waals surface area contributed by atoms with E-state index in [0.717, 1.165) is 51.0 Å². The lowest BCUT2D eigenvalue weighted by Gasteiger charge is -2.16. The maximum absolute atomic E-state index is 11.6. The Morgan fingerprint density at radius 1 is 1.29 bits per heavy atom. The molecule has 0 spiro atoms. The molecule has 1 aliphatic carbocycles. The summed E-state index contributed by atoms with van der Waals surface area (Å²) in [5, 5.41) is 16.1. The highest BCUT2D eigenvalue weighted by Crippen LogP contribution is 2.43. The van der Waals surface area contributed by atoms with Crippen molar-refractivity contribution in [3.8, 4) is 11.1 Å². The van der Waals surface area contributed by atoms with E-state index in [-0.39, 0.29) is 6.42 Å². The minimum Gasteiger partial charge on any atom is -0.481 e. The third kappa shape index (κ3) is 2.63. The molecule has 1 N–H and O–H groups in total. The second kappa shape index (κ2) is 6.41. The largest absolute Gasteiger partial charge is 0.481 e. The quantitative estimate of drug-likeness (QED) is 0.551. The third-order valence-corrected chi connectivity index (χ3v) is 6.96. The highest BCUT2D eigenvalue weighted by Gasteiger charge is 2.24. The molecule has 0 bridgehead atoms. The molecule has 142 valence electrons. The van der Waals surface area contributed by atoms with E-state index in [9.17, 15) is 9.90 Å². The van der Waals surface area contributed by atoms with E-state index in [1.54, 1.807) is 11.3 Å². The van der Waals surface area contributed by atoms with Crippen LogP contribution in [0.3, 0.4) is 0 Å². The normalized spacial score (nSPS) is 13.9. The van der Waals surface area contributed by atoms with Crippen molar-refractivity contribution >= 4 is 38.4 Å². The standard InChI is InChI=1S/C22H21N3O2S/c1-12-16(10-19(26)27)20(13-7-8-17-14(9-13)11-23-25(17)2)21-15-5-3-4-6-18(15)28-22(21)24-12/h7-9,11H,3-6,10H2,1-2H3,(H,26,27). The van der Waals surface area contributed by atoms with E-state index < -0.39 is 5.97 Å². The Morgan fingerprint density at radius 2 is 2.11 bits per heavy atom. The number of carboxylic acid groups (broad SMARTS) is 1. The number of aliphatic carboxylic acids is 1. The molecule has 0 amide bonds. The number of hydrogen-bond acceptors (Lipinski definition) is 4.